The van der Waals surface area contributed by atoms with Gasteiger partial charge in [0.15, 0.2) is 0 Å². The van der Waals surface area contributed by atoms with Gasteiger partial charge < -0.3 is 20.3 Å². The standard InChI is InChI=1S/C77H151NO5/c1-3-5-7-9-11-13-15-17-19-37-41-45-49-53-57-61-65-69-75(80)74(73-79)78-76(81)70-66-62-58-54-50-46-42-39-35-33-31-29-27-25-23-21-22-24-26-28-30-32-34-36-40-44-48-52-56-60-64-68-72-83-77(82)71-67-63-59-55-51-47-43-38-20-18-16-14-12-10-8-6-4-2/h18,20,74-75,79-80H,3-17,19,21-73H2,1-2H3,(H,78,81)/b20-18-. The zero-order chi connectivity index (χ0) is 59.9. The van der Waals surface area contributed by atoms with E-state index in [1.807, 2.05) is 0 Å². The summed E-state index contributed by atoms with van der Waals surface area (Å²) >= 11 is 0. The molecule has 0 spiro atoms. The molecule has 0 saturated heterocycles. The first-order chi connectivity index (χ1) is 41.0. The van der Waals surface area contributed by atoms with Crippen molar-refractivity contribution in [1.29, 1.82) is 0 Å². The number of carbonyl (C=O) groups is 2. The van der Waals surface area contributed by atoms with E-state index in [0.29, 0.717) is 25.9 Å². The Kier molecular flexibility index (Phi) is 71.8. The van der Waals surface area contributed by atoms with Gasteiger partial charge in [-0.3, -0.25) is 9.59 Å². The predicted molar refractivity (Wildman–Crippen MR) is 366 cm³/mol. The first-order valence-corrected chi connectivity index (χ1v) is 38.4. The number of aliphatic hydroxyl groups excluding tert-OH is 2. The highest BCUT2D eigenvalue weighted by Crippen LogP contribution is 2.20. The SMILES string of the molecule is CCCCCCCC/C=C\CCCCCCCCCC(=O)OCCCCCCCCCCCCCCCCCCCCCCCCCCCCCCCCCCC(=O)NC(CO)C(O)CCCCCCCCCCCCCCCCCCC. The molecule has 3 N–H and O–H groups in total. The number of ether oxygens (including phenoxy) is 1. The van der Waals surface area contributed by atoms with Crippen LogP contribution in [0.4, 0.5) is 0 Å². The zero-order valence-electron chi connectivity index (χ0n) is 56.7. The van der Waals surface area contributed by atoms with E-state index in [2.05, 4.69) is 31.3 Å². The van der Waals surface area contributed by atoms with Gasteiger partial charge in [0.2, 0.25) is 5.91 Å². The summed E-state index contributed by atoms with van der Waals surface area (Å²) in [6.45, 7) is 5.00. The van der Waals surface area contributed by atoms with Crippen molar-refractivity contribution in [2.24, 2.45) is 0 Å². The number of carbonyl (C=O) groups excluding carboxylic acids is 2. The van der Waals surface area contributed by atoms with Gasteiger partial charge in [-0.15, -0.1) is 0 Å². The van der Waals surface area contributed by atoms with Crippen LogP contribution >= 0.6 is 0 Å². The van der Waals surface area contributed by atoms with Crippen LogP contribution in [0, 0.1) is 0 Å². The van der Waals surface area contributed by atoms with E-state index in [-0.39, 0.29) is 18.5 Å². The molecule has 0 aliphatic carbocycles. The number of unbranched alkanes of at least 4 members (excludes halogenated alkanes) is 60. The Hall–Kier alpha value is -1.40. The van der Waals surface area contributed by atoms with Crippen LogP contribution in [-0.4, -0.2) is 47.4 Å². The van der Waals surface area contributed by atoms with E-state index < -0.39 is 12.1 Å². The summed E-state index contributed by atoms with van der Waals surface area (Å²) < 4.78 is 5.51. The zero-order valence-corrected chi connectivity index (χ0v) is 56.7. The highest BCUT2D eigenvalue weighted by Gasteiger charge is 2.20. The van der Waals surface area contributed by atoms with Crippen molar-refractivity contribution >= 4 is 11.9 Å². The Balaban J connectivity index is 3.31. The van der Waals surface area contributed by atoms with Crippen molar-refractivity contribution in [1.82, 2.24) is 5.32 Å². The van der Waals surface area contributed by atoms with Crippen molar-refractivity contribution in [3.63, 3.8) is 0 Å². The molecule has 0 heterocycles. The highest BCUT2D eigenvalue weighted by molar-refractivity contribution is 5.76. The van der Waals surface area contributed by atoms with E-state index in [1.165, 1.54) is 372 Å². The predicted octanol–water partition coefficient (Wildman–Crippen LogP) is 25.1. The molecule has 0 aromatic rings. The summed E-state index contributed by atoms with van der Waals surface area (Å²) in [5.74, 6) is -0.00691. The summed E-state index contributed by atoms with van der Waals surface area (Å²) in [7, 11) is 0. The first-order valence-electron chi connectivity index (χ1n) is 38.4. The molecule has 0 aliphatic heterocycles. The second-order valence-corrected chi connectivity index (χ2v) is 26.7. The van der Waals surface area contributed by atoms with Gasteiger partial charge in [0.1, 0.15) is 0 Å². The minimum Gasteiger partial charge on any atom is -0.466 e. The number of amides is 1. The minimum atomic E-state index is -0.661. The number of hydrogen-bond acceptors (Lipinski definition) is 5. The summed E-state index contributed by atoms with van der Waals surface area (Å²) in [4.78, 5) is 24.6. The van der Waals surface area contributed by atoms with Crippen LogP contribution in [0.25, 0.3) is 0 Å². The van der Waals surface area contributed by atoms with Gasteiger partial charge in [-0.1, -0.05) is 392 Å². The average molecular weight is 1170 g/mol. The van der Waals surface area contributed by atoms with Crippen LogP contribution in [0.2, 0.25) is 0 Å². The molecule has 0 aliphatic rings. The number of nitrogens with one attached hydrogen (secondary N) is 1. The molecule has 6 heteroatoms. The second kappa shape index (κ2) is 73.1. The molecule has 494 valence electrons. The third kappa shape index (κ3) is 69.6. The number of esters is 1. The van der Waals surface area contributed by atoms with E-state index in [4.69, 9.17) is 4.74 Å². The number of aliphatic hydroxyl groups is 2. The Morgan fingerprint density at radius 2 is 0.566 bits per heavy atom. The molecule has 83 heavy (non-hydrogen) atoms. The van der Waals surface area contributed by atoms with Crippen molar-refractivity contribution in [3.8, 4) is 0 Å². The summed E-state index contributed by atoms with van der Waals surface area (Å²) in [5, 5.41) is 23.4. The molecule has 1 amide bonds. The minimum absolute atomic E-state index is 0.0190. The fourth-order valence-corrected chi connectivity index (χ4v) is 12.5. The van der Waals surface area contributed by atoms with Crippen LogP contribution in [0.5, 0.6) is 0 Å². The van der Waals surface area contributed by atoms with Crippen molar-refractivity contribution in [2.75, 3.05) is 13.2 Å². The Bertz CT molecular complexity index is 1260. The number of allylic oxidation sites excluding steroid dienone is 2. The van der Waals surface area contributed by atoms with E-state index in [1.54, 1.807) is 0 Å². The monoisotopic (exact) mass is 1170 g/mol. The van der Waals surface area contributed by atoms with Gasteiger partial charge in [0.25, 0.3) is 0 Å². The fourth-order valence-electron chi connectivity index (χ4n) is 12.5. The molecular weight excluding hydrogens is 1020 g/mol. The Morgan fingerprint density at radius 3 is 0.855 bits per heavy atom. The lowest BCUT2D eigenvalue weighted by Gasteiger charge is -2.22. The van der Waals surface area contributed by atoms with Gasteiger partial charge in [-0.2, -0.15) is 0 Å². The van der Waals surface area contributed by atoms with Crippen molar-refractivity contribution in [2.45, 2.75) is 456 Å². The molecule has 0 fully saturated rings. The van der Waals surface area contributed by atoms with Gasteiger partial charge in [0.05, 0.1) is 25.4 Å². The van der Waals surface area contributed by atoms with E-state index in [9.17, 15) is 19.8 Å². The molecule has 2 unspecified atom stereocenters. The first kappa shape index (κ1) is 81.6. The molecule has 0 saturated carbocycles. The van der Waals surface area contributed by atoms with Crippen LogP contribution < -0.4 is 5.32 Å². The number of hydrogen-bond donors (Lipinski definition) is 3. The largest absolute Gasteiger partial charge is 0.466 e. The van der Waals surface area contributed by atoms with Crippen LogP contribution in [0.1, 0.15) is 444 Å². The van der Waals surface area contributed by atoms with Crippen LogP contribution in [0.15, 0.2) is 12.2 Å². The average Bonchev–Trinajstić information content (AvgIpc) is 3.49. The Labute approximate surface area is 520 Å². The smallest absolute Gasteiger partial charge is 0.305 e. The molecule has 0 aromatic carbocycles. The number of rotatable bonds is 73. The normalized spacial score (nSPS) is 12.5. The van der Waals surface area contributed by atoms with E-state index >= 15 is 0 Å². The van der Waals surface area contributed by atoms with Crippen LogP contribution in [-0.2, 0) is 14.3 Å². The summed E-state index contributed by atoms with van der Waals surface area (Å²) in [5.41, 5.74) is 0. The highest BCUT2D eigenvalue weighted by atomic mass is 16.5. The molecule has 0 aromatic heterocycles. The second-order valence-electron chi connectivity index (χ2n) is 26.7. The summed E-state index contributed by atoms with van der Waals surface area (Å²) in [6.07, 6.45) is 91.5. The van der Waals surface area contributed by atoms with Crippen molar-refractivity contribution < 1.29 is 24.5 Å². The van der Waals surface area contributed by atoms with Gasteiger partial charge in [-0.05, 0) is 51.4 Å². The third-order valence-corrected chi connectivity index (χ3v) is 18.3. The Morgan fingerprint density at radius 1 is 0.325 bits per heavy atom. The van der Waals surface area contributed by atoms with E-state index in [0.717, 1.165) is 38.5 Å². The maximum atomic E-state index is 12.5. The lowest BCUT2D eigenvalue weighted by atomic mass is 10.0. The molecule has 0 rings (SSSR count). The van der Waals surface area contributed by atoms with Gasteiger partial charge >= 0.3 is 5.97 Å². The van der Waals surface area contributed by atoms with Crippen molar-refractivity contribution in [3.05, 3.63) is 12.2 Å². The summed E-state index contributed by atoms with van der Waals surface area (Å²) in [6, 6.07) is -0.537. The lowest BCUT2D eigenvalue weighted by molar-refractivity contribution is -0.143. The van der Waals surface area contributed by atoms with Gasteiger partial charge in [0, 0.05) is 12.8 Å². The molecule has 0 bridgehead atoms. The molecule has 0 radical (unpaired) electrons. The quantitative estimate of drug-likeness (QED) is 0.0320. The maximum absolute atomic E-state index is 12.5. The van der Waals surface area contributed by atoms with Gasteiger partial charge in [-0.25, -0.2) is 0 Å². The van der Waals surface area contributed by atoms with Crippen LogP contribution in [0.3, 0.4) is 0 Å². The fraction of sp³-hybridized carbons (Fsp3) is 0.948. The molecule has 6 nitrogen and oxygen atoms in total. The molecular formula is C77H151NO5. The lowest BCUT2D eigenvalue weighted by Crippen LogP contribution is -2.45. The molecule has 2 atom stereocenters. The topological polar surface area (TPSA) is 95.9 Å². The maximum Gasteiger partial charge on any atom is 0.305 e. The third-order valence-electron chi connectivity index (χ3n) is 18.3.